The lowest BCUT2D eigenvalue weighted by Crippen LogP contribution is -2.40. The molecule has 9 nitrogen and oxygen atoms in total. The maximum atomic E-state index is 13.1. The standard InChI is InChI=1S/C23H31N3O6Si/c1-32-18-9-5-15(6-10-18)21(26-20(28)13-17(27)14-24-23(30)31)22(29)25-16-7-11-19(12-8-16)33(2,3)4/h5-12,17,21,24,27H,13-14H2,1-4H3,(H,25,29)(H,26,28)(H,30,31). The van der Waals surface area contributed by atoms with E-state index in [9.17, 15) is 19.5 Å². The molecule has 178 valence electrons. The molecule has 0 heterocycles. The molecule has 0 saturated heterocycles. The predicted molar refractivity (Wildman–Crippen MR) is 129 cm³/mol. The number of methoxy groups -OCH3 is 1. The first-order valence-electron chi connectivity index (χ1n) is 10.5. The van der Waals surface area contributed by atoms with Gasteiger partial charge in [0.15, 0.2) is 0 Å². The van der Waals surface area contributed by atoms with Crippen molar-refractivity contribution in [3.05, 3.63) is 54.1 Å². The minimum atomic E-state index is -1.48. The monoisotopic (exact) mass is 473 g/mol. The normalized spacial score (nSPS) is 12.9. The molecule has 0 aliphatic heterocycles. The van der Waals surface area contributed by atoms with E-state index >= 15 is 0 Å². The summed E-state index contributed by atoms with van der Waals surface area (Å²) < 4.78 is 5.15. The zero-order chi connectivity index (χ0) is 24.6. The van der Waals surface area contributed by atoms with Crippen molar-refractivity contribution in [3.8, 4) is 5.75 Å². The number of carbonyl (C=O) groups is 3. The first kappa shape index (κ1) is 25.9. The first-order chi connectivity index (χ1) is 15.5. The third kappa shape index (κ3) is 8.24. The van der Waals surface area contributed by atoms with Crippen LogP contribution in [0.4, 0.5) is 10.5 Å². The van der Waals surface area contributed by atoms with Crippen LogP contribution < -0.4 is 25.9 Å². The lowest BCUT2D eigenvalue weighted by molar-refractivity contribution is -0.128. The smallest absolute Gasteiger partial charge is 0.404 e. The summed E-state index contributed by atoms with van der Waals surface area (Å²) in [6, 6.07) is 13.3. The number of carboxylic acid groups (broad SMARTS) is 1. The summed E-state index contributed by atoms with van der Waals surface area (Å²) in [6.07, 6.45) is -2.90. The second-order valence-corrected chi connectivity index (χ2v) is 13.7. The summed E-state index contributed by atoms with van der Waals surface area (Å²) >= 11 is 0. The molecule has 2 atom stereocenters. The molecule has 33 heavy (non-hydrogen) atoms. The average Bonchev–Trinajstić information content (AvgIpc) is 2.76. The van der Waals surface area contributed by atoms with Crippen LogP contribution in [0.1, 0.15) is 18.0 Å². The van der Waals surface area contributed by atoms with Gasteiger partial charge in [0.1, 0.15) is 11.8 Å². The summed E-state index contributed by atoms with van der Waals surface area (Å²) in [5.41, 5.74) is 1.12. The average molecular weight is 474 g/mol. The molecule has 0 spiro atoms. The summed E-state index contributed by atoms with van der Waals surface area (Å²) in [7, 11) is 0.0470. The zero-order valence-electron chi connectivity index (χ0n) is 19.2. The highest BCUT2D eigenvalue weighted by atomic mass is 28.3. The Bertz CT molecular complexity index is 958. The van der Waals surface area contributed by atoms with E-state index < -0.39 is 38.1 Å². The lowest BCUT2D eigenvalue weighted by atomic mass is 10.0. The number of anilines is 1. The van der Waals surface area contributed by atoms with Gasteiger partial charge in [0, 0.05) is 12.2 Å². The first-order valence-corrected chi connectivity index (χ1v) is 14.0. The second-order valence-electron chi connectivity index (χ2n) is 8.63. The van der Waals surface area contributed by atoms with Gasteiger partial charge < -0.3 is 30.9 Å². The summed E-state index contributed by atoms with van der Waals surface area (Å²) in [5.74, 6) is -0.450. The summed E-state index contributed by atoms with van der Waals surface area (Å²) in [4.78, 5) is 36.1. The Balaban J connectivity index is 2.16. The van der Waals surface area contributed by atoms with E-state index in [1.165, 1.54) is 12.3 Å². The molecule has 0 bridgehead atoms. The van der Waals surface area contributed by atoms with Gasteiger partial charge in [-0.15, -0.1) is 0 Å². The molecule has 0 aliphatic rings. The van der Waals surface area contributed by atoms with Crippen LogP contribution in [0.3, 0.4) is 0 Å². The van der Waals surface area contributed by atoms with Gasteiger partial charge in [0.05, 0.1) is 27.7 Å². The molecule has 0 aliphatic carbocycles. The van der Waals surface area contributed by atoms with Crippen LogP contribution in [0.15, 0.2) is 48.5 Å². The molecular formula is C23H31N3O6Si. The number of rotatable bonds is 10. The highest BCUT2D eigenvalue weighted by Gasteiger charge is 2.25. The quantitative estimate of drug-likeness (QED) is 0.335. The molecule has 0 fully saturated rings. The third-order valence-electron chi connectivity index (χ3n) is 4.95. The predicted octanol–water partition coefficient (Wildman–Crippen LogP) is 2.05. The number of carbonyl (C=O) groups excluding carboxylic acids is 2. The number of ether oxygens (including phenoxy) is 1. The van der Waals surface area contributed by atoms with Crippen molar-refractivity contribution in [2.45, 2.75) is 38.2 Å². The highest BCUT2D eigenvalue weighted by Crippen LogP contribution is 2.20. The topological polar surface area (TPSA) is 137 Å². The molecule has 3 amide bonds. The lowest BCUT2D eigenvalue weighted by Gasteiger charge is -2.21. The molecule has 0 radical (unpaired) electrons. The van der Waals surface area contributed by atoms with Crippen molar-refractivity contribution in [2.75, 3.05) is 19.0 Å². The SMILES string of the molecule is COc1ccc(C(NC(=O)CC(O)CNC(=O)O)C(=O)Nc2ccc([Si](C)(C)C)cc2)cc1. The fourth-order valence-corrected chi connectivity index (χ4v) is 4.24. The molecule has 2 aromatic carbocycles. The van der Waals surface area contributed by atoms with Crippen LogP contribution in [-0.2, 0) is 9.59 Å². The Morgan fingerprint density at radius 3 is 2.12 bits per heavy atom. The number of amides is 3. The van der Waals surface area contributed by atoms with E-state index in [2.05, 4.69) is 30.3 Å². The maximum absolute atomic E-state index is 13.1. The number of aliphatic hydroxyl groups excluding tert-OH is 1. The Hall–Kier alpha value is -3.37. The number of benzene rings is 2. The molecular weight excluding hydrogens is 442 g/mol. The van der Waals surface area contributed by atoms with E-state index in [1.807, 2.05) is 29.6 Å². The van der Waals surface area contributed by atoms with Crippen LogP contribution in [0.5, 0.6) is 5.75 Å². The third-order valence-corrected chi connectivity index (χ3v) is 7.01. The van der Waals surface area contributed by atoms with E-state index in [4.69, 9.17) is 9.84 Å². The van der Waals surface area contributed by atoms with E-state index in [0.29, 0.717) is 17.0 Å². The number of aliphatic hydroxyl groups is 1. The van der Waals surface area contributed by atoms with Gasteiger partial charge in [0.2, 0.25) is 5.91 Å². The van der Waals surface area contributed by atoms with Crippen molar-refractivity contribution in [1.29, 1.82) is 0 Å². The zero-order valence-corrected chi connectivity index (χ0v) is 20.2. The van der Waals surface area contributed by atoms with Crippen molar-refractivity contribution in [1.82, 2.24) is 10.6 Å². The summed E-state index contributed by atoms with van der Waals surface area (Å²) in [6.45, 7) is 6.40. The molecule has 0 saturated carbocycles. The van der Waals surface area contributed by atoms with E-state index in [1.54, 1.807) is 24.3 Å². The van der Waals surface area contributed by atoms with Crippen LogP contribution in [0.25, 0.3) is 0 Å². The minimum absolute atomic E-state index is 0.300. The van der Waals surface area contributed by atoms with Crippen LogP contribution in [0, 0.1) is 0 Å². The largest absolute Gasteiger partial charge is 0.497 e. The number of hydrogen-bond acceptors (Lipinski definition) is 5. The van der Waals surface area contributed by atoms with Crippen molar-refractivity contribution in [3.63, 3.8) is 0 Å². The highest BCUT2D eigenvalue weighted by molar-refractivity contribution is 6.88. The second kappa shape index (κ2) is 11.5. The van der Waals surface area contributed by atoms with Gasteiger partial charge >= 0.3 is 6.09 Å². The van der Waals surface area contributed by atoms with E-state index in [0.717, 1.165) is 0 Å². The molecule has 2 aromatic rings. The molecule has 10 heteroatoms. The number of hydrogen-bond donors (Lipinski definition) is 5. The Kier molecular flexibility index (Phi) is 9.00. The van der Waals surface area contributed by atoms with Gasteiger partial charge in [-0.25, -0.2) is 4.79 Å². The maximum Gasteiger partial charge on any atom is 0.404 e. The van der Waals surface area contributed by atoms with Crippen molar-refractivity contribution >= 4 is 36.9 Å². The van der Waals surface area contributed by atoms with Gasteiger partial charge in [-0.2, -0.15) is 0 Å². The molecule has 0 aromatic heterocycles. The van der Waals surface area contributed by atoms with Crippen LogP contribution in [-0.4, -0.2) is 56.0 Å². The molecule has 5 N–H and O–H groups in total. The van der Waals surface area contributed by atoms with Gasteiger partial charge in [-0.3, -0.25) is 9.59 Å². The number of nitrogens with one attached hydrogen (secondary N) is 3. The van der Waals surface area contributed by atoms with Gasteiger partial charge in [-0.05, 0) is 29.8 Å². The van der Waals surface area contributed by atoms with Gasteiger partial charge in [0.25, 0.3) is 5.91 Å². The van der Waals surface area contributed by atoms with Crippen LogP contribution >= 0.6 is 0 Å². The Morgan fingerprint density at radius 2 is 1.61 bits per heavy atom. The molecule has 2 unspecified atom stereocenters. The van der Waals surface area contributed by atoms with Crippen LogP contribution in [0.2, 0.25) is 19.6 Å². The van der Waals surface area contributed by atoms with E-state index in [-0.39, 0.29) is 13.0 Å². The fraction of sp³-hybridized carbons (Fsp3) is 0.348. The minimum Gasteiger partial charge on any atom is -0.497 e. The van der Waals surface area contributed by atoms with Gasteiger partial charge in [-0.1, -0.05) is 49.1 Å². The Morgan fingerprint density at radius 1 is 1.00 bits per heavy atom. The fourth-order valence-electron chi connectivity index (χ4n) is 3.08. The van der Waals surface area contributed by atoms with Crippen molar-refractivity contribution in [2.24, 2.45) is 0 Å². The Labute approximate surface area is 194 Å². The molecule has 2 rings (SSSR count). The van der Waals surface area contributed by atoms with Crippen molar-refractivity contribution < 1.29 is 29.3 Å². The summed E-state index contributed by atoms with van der Waals surface area (Å²) in [5, 5.41) is 27.2.